The molecule has 162 valence electrons. The van der Waals surface area contributed by atoms with E-state index in [1.165, 1.54) is 17.4 Å². The topological polar surface area (TPSA) is 112 Å². The third-order valence-electron chi connectivity index (χ3n) is 4.44. The first-order valence-corrected chi connectivity index (χ1v) is 10.7. The highest BCUT2D eigenvalue weighted by atomic mass is 35.5. The maximum Gasteiger partial charge on any atom is 0.251 e. The number of nitrogens with one attached hydrogen (secondary N) is 4. The Morgan fingerprint density at radius 2 is 2.06 bits per heavy atom. The van der Waals surface area contributed by atoms with Gasteiger partial charge in [-0.05, 0) is 32.1 Å². The van der Waals surface area contributed by atoms with E-state index < -0.39 is 5.54 Å². The van der Waals surface area contributed by atoms with Crippen molar-refractivity contribution in [2.75, 3.05) is 5.32 Å². The molecule has 2 amide bonds. The van der Waals surface area contributed by atoms with E-state index >= 15 is 0 Å². The number of fused-ring (bicyclic) bond motifs is 3. The van der Waals surface area contributed by atoms with E-state index in [0.717, 1.165) is 21.1 Å². The number of aromatic nitrogens is 3. The number of hydrogen-bond donors (Lipinski definition) is 4. The predicted octanol–water partition coefficient (Wildman–Crippen LogP) is 4.16. The molecule has 10 heteroatoms. The highest BCUT2D eigenvalue weighted by molar-refractivity contribution is 7.23. The first-order chi connectivity index (χ1) is 14.6. The van der Waals surface area contributed by atoms with Gasteiger partial charge < -0.3 is 10.6 Å². The average Bonchev–Trinajstić information content (AvgIpc) is 3.32. The normalized spacial score (nSPS) is 12.1. The summed E-state index contributed by atoms with van der Waals surface area (Å²) < 4.78 is 0.941. The lowest BCUT2D eigenvalue weighted by Gasteiger charge is -2.26. The molecule has 31 heavy (non-hydrogen) atoms. The van der Waals surface area contributed by atoms with Crippen molar-refractivity contribution in [3.63, 3.8) is 0 Å². The van der Waals surface area contributed by atoms with E-state index in [0.29, 0.717) is 22.9 Å². The number of carbonyl (C=O) groups excluding carboxylic acids is 2. The molecule has 0 aliphatic rings. The molecule has 0 saturated carbocycles. The van der Waals surface area contributed by atoms with Crippen molar-refractivity contribution in [2.45, 2.75) is 32.7 Å². The molecule has 0 spiro atoms. The first-order valence-electron chi connectivity index (χ1n) is 9.48. The largest absolute Gasteiger partial charge is 0.372 e. The van der Waals surface area contributed by atoms with Crippen LogP contribution in [0.3, 0.4) is 0 Å². The van der Waals surface area contributed by atoms with E-state index in [4.69, 9.17) is 11.6 Å². The van der Waals surface area contributed by atoms with Crippen LogP contribution < -0.4 is 16.0 Å². The molecule has 0 fully saturated rings. The molecule has 2 aromatic heterocycles. The maximum atomic E-state index is 12.9. The molecule has 0 atom stereocenters. The number of anilines is 1. The number of halogens is 1. The van der Waals surface area contributed by atoms with Gasteiger partial charge in [-0.2, -0.15) is 5.10 Å². The molecule has 8 nitrogen and oxygen atoms in total. The van der Waals surface area contributed by atoms with Gasteiger partial charge in [0, 0.05) is 17.5 Å². The summed E-state index contributed by atoms with van der Waals surface area (Å²) in [6.45, 7) is 12.7. The van der Waals surface area contributed by atoms with Crippen LogP contribution in [-0.2, 0) is 9.59 Å². The SMILES string of the molecule is C=C(/C=C(/NC(=O)CC)C(=C)Cl)NC(C)(C)C(=O)Nc1nc2ccc3[nH]ncc3c2s1. The molecule has 4 N–H and O–H groups in total. The molecule has 0 aliphatic carbocycles. The Balaban J connectivity index is 1.73. The minimum absolute atomic E-state index is 0.159. The Morgan fingerprint density at radius 1 is 1.32 bits per heavy atom. The first kappa shape index (κ1) is 22.5. The smallest absolute Gasteiger partial charge is 0.251 e. The van der Waals surface area contributed by atoms with Crippen LogP contribution in [0.2, 0.25) is 0 Å². The van der Waals surface area contributed by atoms with Gasteiger partial charge in [0.15, 0.2) is 5.13 Å². The van der Waals surface area contributed by atoms with Gasteiger partial charge in [0.05, 0.1) is 32.7 Å². The number of carbonyl (C=O) groups is 2. The number of hydrogen-bond acceptors (Lipinski definition) is 6. The molecule has 0 saturated heterocycles. The fourth-order valence-corrected chi connectivity index (χ4v) is 3.87. The van der Waals surface area contributed by atoms with Crippen molar-refractivity contribution < 1.29 is 9.59 Å². The fraction of sp³-hybridized carbons (Fsp3) is 0.238. The van der Waals surface area contributed by atoms with E-state index in [1.54, 1.807) is 27.0 Å². The fourth-order valence-electron chi connectivity index (χ4n) is 2.80. The van der Waals surface area contributed by atoms with E-state index in [2.05, 4.69) is 44.3 Å². The lowest BCUT2D eigenvalue weighted by atomic mass is 10.0. The van der Waals surface area contributed by atoms with Gasteiger partial charge in [0.1, 0.15) is 5.54 Å². The van der Waals surface area contributed by atoms with Crippen LogP contribution in [0, 0.1) is 0 Å². The Kier molecular flexibility index (Phi) is 6.47. The second-order valence-corrected chi connectivity index (χ2v) is 8.81. The number of benzene rings is 1. The zero-order valence-corrected chi connectivity index (χ0v) is 19.0. The number of thiazole rings is 1. The minimum atomic E-state index is -1.02. The summed E-state index contributed by atoms with van der Waals surface area (Å²) in [5, 5.41) is 17.1. The van der Waals surface area contributed by atoms with E-state index in [-0.39, 0.29) is 16.8 Å². The monoisotopic (exact) mass is 458 g/mol. The molecular formula is C21H23ClN6O2S. The van der Waals surface area contributed by atoms with Crippen LogP contribution in [0.5, 0.6) is 0 Å². The lowest BCUT2D eigenvalue weighted by Crippen LogP contribution is -2.49. The Bertz CT molecular complexity index is 1220. The lowest BCUT2D eigenvalue weighted by molar-refractivity contribution is -0.121. The van der Waals surface area contributed by atoms with Gasteiger partial charge in [0.2, 0.25) is 5.91 Å². The van der Waals surface area contributed by atoms with Gasteiger partial charge >= 0.3 is 0 Å². The van der Waals surface area contributed by atoms with Crippen molar-refractivity contribution in [1.82, 2.24) is 25.8 Å². The standard InChI is InChI=1S/C21H23ClN6O2S/c1-6-17(29)24-16(12(3)22)9-11(2)27-21(4,5)19(30)26-20-25-15-8-7-14-13(10-23-28-14)18(15)31-20/h7-10,27H,2-3,6H2,1,4-5H3,(H,23,28)(H,24,29)(H,25,26,30)/b16-9+. The zero-order chi connectivity index (χ0) is 22.8. The Morgan fingerprint density at radius 3 is 2.74 bits per heavy atom. The molecule has 0 unspecified atom stereocenters. The molecule has 3 rings (SSSR count). The summed E-state index contributed by atoms with van der Waals surface area (Å²) in [4.78, 5) is 29.1. The molecule has 3 aromatic rings. The van der Waals surface area contributed by atoms with Crippen molar-refractivity contribution in [3.05, 3.63) is 54.0 Å². The summed E-state index contributed by atoms with van der Waals surface area (Å²) in [5.74, 6) is -0.506. The van der Waals surface area contributed by atoms with Crippen molar-refractivity contribution in [2.24, 2.45) is 0 Å². The molecule has 0 bridgehead atoms. The predicted molar refractivity (Wildman–Crippen MR) is 126 cm³/mol. The van der Waals surface area contributed by atoms with Crippen LogP contribution in [0.1, 0.15) is 27.2 Å². The molecule has 0 radical (unpaired) electrons. The Hall–Kier alpha value is -3.17. The quantitative estimate of drug-likeness (QED) is 0.379. The second-order valence-electron chi connectivity index (χ2n) is 7.36. The zero-order valence-electron chi connectivity index (χ0n) is 17.4. The van der Waals surface area contributed by atoms with Crippen LogP contribution in [0.15, 0.2) is 54.0 Å². The van der Waals surface area contributed by atoms with Gasteiger partial charge in [-0.15, -0.1) is 0 Å². The molecule has 2 heterocycles. The Labute approximate surface area is 188 Å². The maximum absolute atomic E-state index is 12.9. The number of rotatable bonds is 8. The van der Waals surface area contributed by atoms with Gasteiger partial charge in [-0.25, -0.2) is 4.98 Å². The highest BCUT2D eigenvalue weighted by Crippen LogP contribution is 2.32. The number of allylic oxidation sites excluding steroid dienone is 2. The van der Waals surface area contributed by atoms with E-state index in [9.17, 15) is 9.59 Å². The summed E-state index contributed by atoms with van der Waals surface area (Å²) in [7, 11) is 0. The third kappa shape index (κ3) is 5.12. The molecular weight excluding hydrogens is 436 g/mol. The minimum Gasteiger partial charge on any atom is -0.372 e. The van der Waals surface area contributed by atoms with Crippen LogP contribution in [0.4, 0.5) is 5.13 Å². The van der Waals surface area contributed by atoms with E-state index in [1.807, 2.05) is 12.1 Å². The molecule has 1 aromatic carbocycles. The number of nitrogens with zero attached hydrogens (tertiary/aromatic N) is 2. The van der Waals surface area contributed by atoms with Crippen molar-refractivity contribution in [3.8, 4) is 0 Å². The summed E-state index contributed by atoms with van der Waals surface area (Å²) in [5.41, 5.74) is 1.37. The molecule has 0 aliphatic heterocycles. The van der Waals surface area contributed by atoms with Crippen LogP contribution in [-0.4, -0.2) is 32.5 Å². The van der Waals surface area contributed by atoms with Crippen LogP contribution >= 0.6 is 22.9 Å². The van der Waals surface area contributed by atoms with Crippen LogP contribution in [0.25, 0.3) is 21.1 Å². The van der Waals surface area contributed by atoms with Crippen molar-refractivity contribution in [1.29, 1.82) is 0 Å². The number of amides is 2. The number of H-pyrrole nitrogens is 1. The summed E-state index contributed by atoms with van der Waals surface area (Å²) >= 11 is 7.34. The average molecular weight is 459 g/mol. The summed E-state index contributed by atoms with van der Waals surface area (Å²) in [6, 6.07) is 3.78. The summed E-state index contributed by atoms with van der Waals surface area (Å²) in [6.07, 6.45) is 3.57. The van der Waals surface area contributed by atoms with Gasteiger partial charge in [-0.1, -0.05) is 43.0 Å². The van der Waals surface area contributed by atoms with Gasteiger partial charge in [0.25, 0.3) is 5.91 Å². The third-order valence-corrected chi connectivity index (χ3v) is 5.67. The number of aromatic amines is 1. The van der Waals surface area contributed by atoms with Gasteiger partial charge in [-0.3, -0.25) is 20.0 Å². The van der Waals surface area contributed by atoms with Crippen molar-refractivity contribution >= 4 is 61.0 Å². The second kappa shape index (κ2) is 8.91. The highest BCUT2D eigenvalue weighted by Gasteiger charge is 2.28.